The lowest BCUT2D eigenvalue weighted by molar-refractivity contribution is 0.212. The van der Waals surface area contributed by atoms with Crippen LogP contribution < -0.4 is 10.2 Å². The van der Waals surface area contributed by atoms with Crippen molar-refractivity contribution in [2.45, 2.75) is 11.4 Å². The molecule has 5 nitrogen and oxygen atoms in total. The highest BCUT2D eigenvalue weighted by molar-refractivity contribution is 7.84. The fourth-order valence-electron chi connectivity index (χ4n) is 2.80. The van der Waals surface area contributed by atoms with E-state index in [1.54, 1.807) is 30.5 Å². The fraction of sp³-hybridized carbons (Fsp3) is 0.278. The normalized spacial score (nSPS) is 15.4. The van der Waals surface area contributed by atoms with Gasteiger partial charge in [-0.3, -0.25) is 4.21 Å². The van der Waals surface area contributed by atoms with E-state index in [1.165, 1.54) is 5.69 Å². The lowest BCUT2D eigenvalue weighted by Crippen LogP contribution is -2.37. The van der Waals surface area contributed by atoms with Crippen LogP contribution in [-0.2, 0) is 17.3 Å². The van der Waals surface area contributed by atoms with Crippen LogP contribution in [0.2, 0.25) is 0 Å². The van der Waals surface area contributed by atoms with Crippen LogP contribution in [0.15, 0.2) is 53.4 Å². The Hall–Kier alpha value is -2.34. The van der Waals surface area contributed by atoms with Gasteiger partial charge in [0.25, 0.3) is 0 Å². The maximum absolute atomic E-state index is 12.6. The third kappa shape index (κ3) is 3.59. The molecule has 3 rings (SSSR count). The zero-order chi connectivity index (χ0) is 17.1. The minimum Gasteiger partial charge on any atom is -0.373 e. The third-order valence-corrected chi connectivity index (χ3v) is 5.13. The van der Waals surface area contributed by atoms with Crippen molar-refractivity contribution in [1.29, 1.82) is 0 Å². The number of carbonyl (C=O) groups is 1. The summed E-state index contributed by atoms with van der Waals surface area (Å²) < 4.78 is 11.4. The molecule has 24 heavy (non-hydrogen) atoms. The summed E-state index contributed by atoms with van der Waals surface area (Å²) in [6.45, 7) is 2.04. The zero-order valence-electron chi connectivity index (χ0n) is 13.9. The van der Waals surface area contributed by atoms with Crippen LogP contribution in [0.1, 0.15) is 5.56 Å². The van der Waals surface area contributed by atoms with Crippen molar-refractivity contribution in [2.75, 3.05) is 36.6 Å². The summed E-state index contributed by atoms with van der Waals surface area (Å²) in [6, 6.07) is 15.2. The quantitative estimate of drug-likeness (QED) is 0.912. The summed E-state index contributed by atoms with van der Waals surface area (Å²) in [5.41, 5.74) is 3.02. The van der Waals surface area contributed by atoms with Crippen LogP contribution in [0.5, 0.6) is 0 Å². The Bertz CT molecular complexity index is 761. The summed E-state index contributed by atoms with van der Waals surface area (Å²) >= 11 is 0. The van der Waals surface area contributed by atoms with Gasteiger partial charge < -0.3 is 15.1 Å². The van der Waals surface area contributed by atoms with E-state index < -0.39 is 10.8 Å². The predicted octanol–water partition coefficient (Wildman–Crippen LogP) is 2.91. The van der Waals surface area contributed by atoms with Crippen molar-refractivity contribution < 1.29 is 9.00 Å². The van der Waals surface area contributed by atoms with Gasteiger partial charge in [-0.05, 0) is 35.9 Å². The molecular formula is C18H21N3O2S. The Labute approximate surface area is 144 Å². The number of nitrogens with zero attached hydrogens (tertiary/aromatic N) is 2. The molecule has 0 radical (unpaired) electrons. The smallest absolute Gasteiger partial charge is 0.322 e. The topological polar surface area (TPSA) is 52.6 Å². The number of benzene rings is 2. The highest BCUT2D eigenvalue weighted by Crippen LogP contribution is 2.24. The largest absolute Gasteiger partial charge is 0.373 e. The van der Waals surface area contributed by atoms with Crippen molar-refractivity contribution in [3.63, 3.8) is 0 Å². The summed E-state index contributed by atoms with van der Waals surface area (Å²) in [7, 11) is 1.03. The van der Waals surface area contributed by atoms with Gasteiger partial charge in [-0.25, -0.2) is 4.79 Å². The van der Waals surface area contributed by atoms with Crippen molar-refractivity contribution in [2.24, 2.45) is 0 Å². The number of urea groups is 1. The molecule has 2 amide bonds. The average molecular weight is 343 g/mol. The lowest BCUT2D eigenvalue weighted by atomic mass is 10.1. The lowest BCUT2D eigenvalue weighted by Gasteiger charge is -2.21. The van der Waals surface area contributed by atoms with Gasteiger partial charge in [0, 0.05) is 60.0 Å². The minimum absolute atomic E-state index is 0.120. The summed E-state index contributed by atoms with van der Waals surface area (Å²) in [4.78, 5) is 17.3. The summed E-state index contributed by atoms with van der Waals surface area (Å²) in [6.07, 6.45) is 1.64. The van der Waals surface area contributed by atoms with Gasteiger partial charge >= 0.3 is 6.03 Å². The van der Waals surface area contributed by atoms with E-state index in [0.29, 0.717) is 18.8 Å². The van der Waals surface area contributed by atoms with Gasteiger partial charge in [0.05, 0.1) is 0 Å². The molecule has 0 saturated heterocycles. The van der Waals surface area contributed by atoms with Crippen LogP contribution in [-0.4, -0.2) is 41.5 Å². The van der Waals surface area contributed by atoms with Crippen LogP contribution in [0.3, 0.4) is 0 Å². The number of rotatable bonds is 2. The van der Waals surface area contributed by atoms with E-state index in [-0.39, 0.29) is 6.03 Å². The number of anilines is 2. The van der Waals surface area contributed by atoms with Gasteiger partial charge in [0.2, 0.25) is 0 Å². The fourth-order valence-corrected chi connectivity index (χ4v) is 3.32. The second-order valence-electron chi connectivity index (χ2n) is 5.88. The number of hydrogen-bond acceptors (Lipinski definition) is 3. The van der Waals surface area contributed by atoms with Gasteiger partial charge in [-0.2, -0.15) is 0 Å². The molecule has 1 aliphatic heterocycles. The Kier molecular flexibility index (Phi) is 4.85. The van der Waals surface area contributed by atoms with E-state index in [2.05, 4.69) is 22.3 Å². The minimum atomic E-state index is -1.01. The monoisotopic (exact) mass is 343 g/mol. The molecule has 0 bridgehead atoms. The van der Waals surface area contributed by atoms with Crippen molar-refractivity contribution in [3.8, 4) is 0 Å². The molecule has 1 aliphatic rings. The number of para-hydroxylation sites is 1. The van der Waals surface area contributed by atoms with Gasteiger partial charge in [0.15, 0.2) is 0 Å². The second-order valence-corrected chi connectivity index (χ2v) is 7.26. The van der Waals surface area contributed by atoms with E-state index in [4.69, 9.17) is 0 Å². The second kappa shape index (κ2) is 7.05. The Morgan fingerprint density at radius 2 is 1.79 bits per heavy atom. The van der Waals surface area contributed by atoms with E-state index >= 15 is 0 Å². The number of carbonyl (C=O) groups excluding carboxylic acids is 1. The van der Waals surface area contributed by atoms with Gasteiger partial charge in [-0.1, -0.05) is 18.2 Å². The SMILES string of the molecule is CN1CCN(C(=O)Nc2ccc([S@](C)=O)cc2)Cc2ccccc21. The van der Waals surface area contributed by atoms with Crippen molar-refractivity contribution in [1.82, 2.24) is 4.90 Å². The standard InChI is InChI=1S/C18H21N3O2S/c1-20-11-12-21(13-14-5-3-4-6-17(14)20)18(22)19-15-7-9-16(10-8-15)24(2)23/h3-10H,11-13H2,1-2H3,(H,19,22)/t24-/m0/s1. The predicted molar refractivity (Wildman–Crippen MR) is 97.9 cm³/mol. The van der Waals surface area contributed by atoms with E-state index in [9.17, 15) is 9.00 Å². The summed E-state index contributed by atoms with van der Waals surface area (Å²) in [5, 5.41) is 2.92. The molecule has 2 aromatic rings. The van der Waals surface area contributed by atoms with Crippen LogP contribution in [0.25, 0.3) is 0 Å². The molecule has 0 aliphatic carbocycles. The van der Waals surface area contributed by atoms with Crippen LogP contribution in [0.4, 0.5) is 16.2 Å². The molecular weight excluding hydrogens is 322 g/mol. The molecule has 6 heteroatoms. The van der Waals surface area contributed by atoms with Crippen molar-refractivity contribution >= 4 is 28.2 Å². The molecule has 1 N–H and O–H groups in total. The Morgan fingerprint density at radius 3 is 2.50 bits per heavy atom. The maximum atomic E-state index is 12.6. The van der Waals surface area contributed by atoms with Crippen LogP contribution >= 0.6 is 0 Å². The molecule has 1 atom stereocenters. The first-order valence-corrected chi connectivity index (χ1v) is 9.39. The van der Waals surface area contributed by atoms with E-state index in [1.807, 2.05) is 24.1 Å². The molecule has 0 saturated carbocycles. The number of nitrogens with one attached hydrogen (secondary N) is 1. The molecule has 0 aromatic heterocycles. The Balaban J connectivity index is 1.72. The third-order valence-electron chi connectivity index (χ3n) is 4.19. The Morgan fingerprint density at radius 1 is 1.08 bits per heavy atom. The molecule has 1 heterocycles. The first kappa shape index (κ1) is 16.5. The zero-order valence-corrected chi connectivity index (χ0v) is 14.7. The number of hydrogen-bond donors (Lipinski definition) is 1. The molecule has 126 valence electrons. The number of likely N-dealkylation sites (N-methyl/N-ethyl adjacent to an activating group) is 1. The van der Waals surface area contributed by atoms with Gasteiger partial charge in [-0.15, -0.1) is 0 Å². The number of fused-ring (bicyclic) bond motifs is 1. The summed E-state index contributed by atoms with van der Waals surface area (Å²) in [5.74, 6) is 0. The highest BCUT2D eigenvalue weighted by Gasteiger charge is 2.21. The van der Waals surface area contributed by atoms with Crippen molar-refractivity contribution in [3.05, 3.63) is 54.1 Å². The highest BCUT2D eigenvalue weighted by atomic mass is 32.2. The van der Waals surface area contributed by atoms with E-state index in [0.717, 1.165) is 17.0 Å². The molecule has 0 fully saturated rings. The maximum Gasteiger partial charge on any atom is 0.322 e. The van der Waals surface area contributed by atoms with Gasteiger partial charge in [0.1, 0.15) is 0 Å². The molecule has 0 spiro atoms. The molecule has 0 unspecified atom stereocenters. The van der Waals surface area contributed by atoms with Crippen LogP contribution in [0, 0.1) is 0 Å². The molecule has 2 aromatic carbocycles. The first-order chi connectivity index (χ1) is 11.5. The number of amides is 2. The first-order valence-electron chi connectivity index (χ1n) is 7.83. The average Bonchev–Trinajstić information content (AvgIpc) is 2.75.